The Morgan fingerprint density at radius 1 is 1.36 bits per heavy atom. The molecule has 0 atom stereocenters. The highest BCUT2D eigenvalue weighted by Crippen LogP contribution is 2.17. The Hall–Kier alpha value is -1.23. The number of hydrogen-bond donors (Lipinski definition) is 2. The van der Waals surface area contributed by atoms with Crippen LogP contribution in [0.25, 0.3) is 0 Å². The number of nitrogens with zero attached hydrogens (tertiary/aromatic N) is 5. The van der Waals surface area contributed by atoms with Crippen LogP contribution in [0.5, 0.6) is 0 Å². The van der Waals surface area contributed by atoms with Crippen molar-refractivity contribution < 1.29 is 0 Å². The summed E-state index contributed by atoms with van der Waals surface area (Å²) < 4.78 is 1.87. The number of halogens is 1. The highest BCUT2D eigenvalue weighted by molar-refractivity contribution is 14.0. The lowest BCUT2D eigenvalue weighted by Gasteiger charge is -2.10. The Balaban J connectivity index is 0.00000242. The SMILES string of the molecule is CN=C(NCc1nc(C(C)C)cs1)NCc1nncn1C.I. The first-order chi connectivity index (χ1) is 10.1. The number of rotatable bonds is 5. The van der Waals surface area contributed by atoms with Crippen LogP contribution in [0.4, 0.5) is 0 Å². The molecule has 0 bridgehead atoms. The molecule has 2 aromatic heterocycles. The summed E-state index contributed by atoms with van der Waals surface area (Å²) in [5.41, 5.74) is 1.14. The van der Waals surface area contributed by atoms with E-state index in [2.05, 4.69) is 50.0 Å². The van der Waals surface area contributed by atoms with Gasteiger partial charge >= 0.3 is 0 Å². The van der Waals surface area contributed by atoms with E-state index in [1.165, 1.54) is 0 Å². The molecule has 0 aliphatic heterocycles. The summed E-state index contributed by atoms with van der Waals surface area (Å²) in [6.07, 6.45) is 1.68. The molecule has 0 aliphatic rings. The van der Waals surface area contributed by atoms with Crippen LogP contribution in [-0.2, 0) is 20.1 Å². The van der Waals surface area contributed by atoms with Crippen molar-refractivity contribution in [2.24, 2.45) is 12.0 Å². The maximum atomic E-state index is 4.59. The molecule has 2 aromatic rings. The van der Waals surface area contributed by atoms with Crippen molar-refractivity contribution in [2.75, 3.05) is 7.05 Å². The number of aryl methyl sites for hydroxylation is 1. The zero-order valence-corrected chi connectivity index (χ0v) is 16.3. The number of hydrogen-bond acceptors (Lipinski definition) is 5. The normalized spacial score (nSPS) is 11.4. The molecule has 0 saturated heterocycles. The molecule has 0 radical (unpaired) electrons. The topological polar surface area (TPSA) is 80.0 Å². The average molecular weight is 435 g/mol. The van der Waals surface area contributed by atoms with Crippen molar-refractivity contribution in [2.45, 2.75) is 32.9 Å². The summed E-state index contributed by atoms with van der Waals surface area (Å²) >= 11 is 1.67. The number of guanidine groups is 1. The molecule has 9 heteroatoms. The van der Waals surface area contributed by atoms with E-state index in [0.29, 0.717) is 19.0 Å². The van der Waals surface area contributed by atoms with Gasteiger partial charge in [0, 0.05) is 19.5 Å². The first kappa shape index (κ1) is 18.8. The van der Waals surface area contributed by atoms with Crippen molar-refractivity contribution in [3.05, 3.63) is 28.2 Å². The van der Waals surface area contributed by atoms with Gasteiger partial charge in [-0.1, -0.05) is 13.8 Å². The Bertz CT molecular complexity index is 605. The van der Waals surface area contributed by atoms with Gasteiger partial charge in [0.1, 0.15) is 11.3 Å². The van der Waals surface area contributed by atoms with E-state index in [4.69, 9.17) is 0 Å². The van der Waals surface area contributed by atoms with Gasteiger partial charge in [-0.3, -0.25) is 4.99 Å². The third-order valence-electron chi connectivity index (χ3n) is 3.01. The Kier molecular flexibility index (Phi) is 7.73. The van der Waals surface area contributed by atoms with Crippen molar-refractivity contribution >= 4 is 41.3 Å². The van der Waals surface area contributed by atoms with E-state index >= 15 is 0 Å². The molecular formula is C13H22IN7S. The molecule has 0 spiro atoms. The van der Waals surface area contributed by atoms with Crippen LogP contribution in [-0.4, -0.2) is 32.8 Å². The summed E-state index contributed by atoms with van der Waals surface area (Å²) in [6.45, 7) is 5.53. The van der Waals surface area contributed by atoms with Gasteiger partial charge in [0.2, 0.25) is 0 Å². The molecule has 22 heavy (non-hydrogen) atoms. The first-order valence-electron chi connectivity index (χ1n) is 6.81. The van der Waals surface area contributed by atoms with Crippen LogP contribution >= 0.6 is 35.3 Å². The highest BCUT2D eigenvalue weighted by atomic mass is 127. The zero-order valence-electron chi connectivity index (χ0n) is 13.2. The van der Waals surface area contributed by atoms with Gasteiger partial charge < -0.3 is 15.2 Å². The van der Waals surface area contributed by atoms with Gasteiger partial charge in [-0.15, -0.1) is 45.5 Å². The minimum Gasteiger partial charge on any atom is -0.350 e. The van der Waals surface area contributed by atoms with E-state index in [0.717, 1.165) is 22.5 Å². The standard InChI is InChI=1S/C13H21N7S.HI/c1-9(2)10-7-21-12(18-10)6-16-13(14-3)15-5-11-19-17-8-20(11)4;/h7-9H,5-6H2,1-4H3,(H2,14,15,16);1H. The van der Waals surface area contributed by atoms with Gasteiger partial charge in [0.05, 0.1) is 18.8 Å². The van der Waals surface area contributed by atoms with E-state index in [9.17, 15) is 0 Å². The van der Waals surface area contributed by atoms with Crippen molar-refractivity contribution in [1.82, 2.24) is 30.4 Å². The van der Waals surface area contributed by atoms with Crippen LogP contribution in [0.3, 0.4) is 0 Å². The molecule has 2 N–H and O–H groups in total. The van der Waals surface area contributed by atoms with Crippen LogP contribution in [0.2, 0.25) is 0 Å². The van der Waals surface area contributed by atoms with Gasteiger partial charge in [0.25, 0.3) is 0 Å². The maximum absolute atomic E-state index is 4.59. The lowest BCUT2D eigenvalue weighted by molar-refractivity contribution is 0.723. The minimum absolute atomic E-state index is 0. The van der Waals surface area contributed by atoms with Gasteiger partial charge in [-0.05, 0) is 5.92 Å². The summed E-state index contributed by atoms with van der Waals surface area (Å²) in [4.78, 5) is 8.77. The number of aliphatic imine (C=N–C) groups is 1. The largest absolute Gasteiger partial charge is 0.350 e. The third-order valence-corrected chi connectivity index (χ3v) is 3.88. The summed E-state index contributed by atoms with van der Waals surface area (Å²) in [5, 5.41) is 17.5. The third kappa shape index (κ3) is 5.20. The number of aromatic nitrogens is 4. The second-order valence-electron chi connectivity index (χ2n) is 4.96. The fraction of sp³-hybridized carbons (Fsp3) is 0.538. The molecule has 2 rings (SSSR count). The molecular weight excluding hydrogens is 413 g/mol. The second-order valence-corrected chi connectivity index (χ2v) is 5.90. The van der Waals surface area contributed by atoms with Crippen molar-refractivity contribution in [3.8, 4) is 0 Å². The molecule has 0 amide bonds. The molecule has 2 heterocycles. The van der Waals surface area contributed by atoms with Crippen LogP contribution in [0.15, 0.2) is 16.7 Å². The fourth-order valence-electron chi connectivity index (χ4n) is 1.68. The molecule has 0 aromatic carbocycles. The second kappa shape index (κ2) is 9.03. The summed E-state index contributed by atoms with van der Waals surface area (Å²) in [7, 11) is 3.66. The Labute approximate surface area is 151 Å². The van der Waals surface area contributed by atoms with Crippen LogP contribution in [0, 0.1) is 0 Å². The van der Waals surface area contributed by atoms with Crippen molar-refractivity contribution in [3.63, 3.8) is 0 Å². The quantitative estimate of drug-likeness (QED) is 0.426. The van der Waals surface area contributed by atoms with Gasteiger partial charge in [-0.25, -0.2) is 4.98 Å². The molecule has 0 saturated carbocycles. The first-order valence-corrected chi connectivity index (χ1v) is 7.69. The van der Waals surface area contributed by atoms with Crippen molar-refractivity contribution in [1.29, 1.82) is 0 Å². The molecule has 122 valence electrons. The van der Waals surface area contributed by atoms with Gasteiger partial charge in [0.15, 0.2) is 11.8 Å². The monoisotopic (exact) mass is 435 g/mol. The van der Waals surface area contributed by atoms with Crippen LogP contribution in [0.1, 0.15) is 36.3 Å². The fourth-order valence-corrected chi connectivity index (χ4v) is 2.58. The number of thiazole rings is 1. The number of nitrogens with one attached hydrogen (secondary N) is 2. The molecule has 0 fully saturated rings. The Morgan fingerprint density at radius 3 is 2.64 bits per heavy atom. The van der Waals surface area contributed by atoms with E-state index in [-0.39, 0.29) is 24.0 Å². The van der Waals surface area contributed by atoms with Gasteiger partial charge in [-0.2, -0.15) is 0 Å². The average Bonchev–Trinajstić information content (AvgIpc) is 3.08. The maximum Gasteiger partial charge on any atom is 0.191 e. The molecule has 7 nitrogen and oxygen atoms in total. The molecule has 0 unspecified atom stereocenters. The minimum atomic E-state index is 0. The van der Waals surface area contributed by atoms with E-state index < -0.39 is 0 Å². The van der Waals surface area contributed by atoms with E-state index in [1.807, 2.05) is 11.6 Å². The smallest absolute Gasteiger partial charge is 0.191 e. The zero-order chi connectivity index (χ0) is 15.2. The summed E-state index contributed by atoms with van der Waals surface area (Å²) in [6, 6.07) is 0. The van der Waals surface area contributed by atoms with Crippen LogP contribution < -0.4 is 10.6 Å². The summed E-state index contributed by atoms with van der Waals surface area (Å²) in [5.74, 6) is 2.04. The Morgan fingerprint density at radius 2 is 2.09 bits per heavy atom. The lowest BCUT2D eigenvalue weighted by Crippen LogP contribution is -2.36. The molecule has 0 aliphatic carbocycles. The highest BCUT2D eigenvalue weighted by Gasteiger charge is 2.07. The van der Waals surface area contributed by atoms with E-state index in [1.54, 1.807) is 24.7 Å². The lowest BCUT2D eigenvalue weighted by atomic mass is 10.2. The predicted molar refractivity (Wildman–Crippen MR) is 99.7 cm³/mol. The predicted octanol–water partition coefficient (Wildman–Crippen LogP) is 1.88.